The third-order valence-corrected chi connectivity index (χ3v) is 4.65. The minimum atomic E-state index is -0.232. The van der Waals surface area contributed by atoms with Crippen LogP contribution >= 0.6 is 0 Å². The van der Waals surface area contributed by atoms with E-state index in [2.05, 4.69) is 19.2 Å². The fourth-order valence-electron chi connectivity index (χ4n) is 3.10. The molecular formula is C16H32N2O2. The van der Waals surface area contributed by atoms with Gasteiger partial charge in [0.25, 0.3) is 0 Å². The van der Waals surface area contributed by atoms with E-state index >= 15 is 0 Å². The molecule has 0 radical (unpaired) electrons. The number of rotatable bonds is 8. The van der Waals surface area contributed by atoms with Gasteiger partial charge in [-0.2, -0.15) is 0 Å². The molecule has 0 bridgehead atoms. The van der Waals surface area contributed by atoms with E-state index in [-0.39, 0.29) is 17.9 Å². The van der Waals surface area contributed by atoms with E-state index in [1.165, 1.54) is 6.42 Å². The molecule has 1 fully saturated rings. The Kier molecular flexibility index (Phi) is 8.15. The van der Waals surface area contributed by atoms with Crippen LogP contribution in [0.2, 0.25) is 0 Å². The fraction of sp³-hybridized carbons (Fsp3) is 0.938. The quantitative estimate of drug-likeness (QED) is 0.638. The van der Waals surface area contributed by atoms with Gasteiger partial charge in [-0.25, -0.2) is 0 Å². The Morgan fingerprint density at radius 2 is 2.00 bits per heavy atom. The number of aliphatic hydroxyl groups is 1. The summed E-state index contributed by atoms with van der Waals surface area (Å²) in [5.41, 5.74) is 5.62. The zero-order valence-electron chi connectivity index (χ0n) is 13.1. The normalized spacial score (nSPS) is 24.6. The van der Waals surface area contributed by atoms with Crippen LogP contribution in [0, 0.1) is 17.8 Å². The van der Waals surface area contributed by atoms with Gasteiger partial charge in [0.2, 0.25) is 5.91 Å². The number of carbonyl (C=O) groups is 1. The molecule has 118 valence electrons. The SMILES string of the molecule is CC(C)C(CCN)CCC(=O)NCC1CCCCC1O. The number of aliphatic hydroxyl groups excluding tert-OH is 1. The van der Waals surface area contributed by atoms with Crippen molar-refractivity contribution in [2.75, 3.05) is 13.1 Å². The molecule has 1 aliphatic carbocycles. The van der Waals surface area contributed by atoms with Crippen molar-refractivity contribution in [2.24, 2.45) is 23.5 Å². The van der Waals surface area contributed by atoms with Crippen LogP contribution in [0.1, 0.15) is 58.8 Å². The molecule has 1 amide bonds. The zero-order valence-corrected chi connectivity index (χ0v) is 13.1. The zero-order chi connectivity index (χ0) is 15.0. The van der Waals surface area contributed by atoms with Crippen LogP contribution in [0.3, 0.4) is 0 Å². The van der Waals surface area contributed by atoms with Crippen LogP contribution in [-0.4, -0.2) is 30.2 Å². The molecule has 0 aromatic rings. The summed E-state index contributed by atoms with van der Waals surface area (Å²) in [4.78, 5) is 11.9. The van der Waals surface area contributed by atoms with Gasteiger partial charge in [-0.05, 0) is 44.1 Å². The summed E-state index contributed by atoms with van der Waals surface area (Å²) in [5.74, 6) is 1.47. The lowest BCUT2D eigenvalue weighted by Gasteiger charge is -2.27. The van der Waals surface area contributed by atoms with Gasteiger partial charge in [-0.1, -0.05) is 26.7 Å². The summed E-state index contributed by atoms with van der Waals surface area (Å²) in [6.45, 7) is 5.70. The highest BCUT2D eigenvalue weighted by Gasteiger charge is 2.23. The second-order valence-corrected chi connectivity index (χ2v) is 6.54. The third kappa shape index (κ3) is 6.23. The molecule has 0 spiro atoms. The monoisotopic (exact) mass is 284 g/mol. The minimum Gasteiger partial charge on any atom is -0.393 e. The van der Waals surface area contributed by atoms with Crippen molar-refractivity contribution in [3.05, 3.63) is 0 Å². The van der Waals surface area contributed by atoms with Crippen LogP contribution < -0.4 is 11.1 Å². The Hall–Kier alpha value is -0.610. The van der Waals surface area contributed by atoms with Crippen molar-refractivity contribution in [1.29, 1.82) is 0 Å². The lowest BCUT2D eigenvalue weighted by Crippen LogP contribution is -2.36. The number of nitrogens with two attached hydrogens (primary N) is 1. The average Bonchev–Trinajstić information content (AvgIpc) is 2.42. The van der Waals surface area contributed by atoms with Crippen LogP contribution in [0.25, 0.3) is 0 Å². The van der Waals surface area contributed by atoms with E-state index in [0.717, 1.165) is 32.1 Å². The predicted molar refractivity (Wildman–Crippen MR) is 82.2 cm³/mol. The highest BCUT2D eigenvalue weighted by Crippen LogP contribution is 2.24. The maximum absolute atomic E-state index is 11.9. The molecule has 0 heterocycles. The minimum absolute atomic E-state index is 0.116. The Labute approximate surface area is 123 Å². The summed E-state index contributed by atoms with van der Waals surface area (Å²) >= 11 is 0. The largest absolute Gasteiger partial charge is 0.393 e. The van der Waals surface area contributed by atoms with Gasteiger partial charge in [0, 0.05) is 18.9 Å². The van der Waals surface area contributed by atoms with Crippen molar-refractivity contribution in [1.82, 2.24) is 5.32 Å². The number of hydrogen-bond donors (Lipinski definition) is 3. The van der Waals surface area contributed by atoms with Crippen molar-refractivity contribution < 1.29 is 9.90 Å². The number of nitrogens with one attached hydrogen (secondary N) is 1. The summed E-state index contributed by atoms with van der Waals surface area (Å²) in [6.07, 6.45) is 6.44. The van der Waals surface area contributed by atoms with Gasteiger partial charge in [0.05, 0.1) is 6.10 Å². The van der Waals surface area contributed by atoms with Gasteiger partial charge >= 0.3 is 0 Å². The van der Waals surface area contributed by atoms with E-state index in [4.69, 9.17) is 5.73 Å². The third-order valence-electron chi connectivity index (χ3n) is 4.65. The van der Waals surface area contributed by atoms with Crippen molar-refractivity contribution in [3.8, 4) is 0 Å². The van der Waals surface area contributed by atoms with Crippen LogP contribution in [0.5, 0.6) is 0 Å². The molecule has 1 rings (SSSR count). The highest BCUT2D eigenvalue weighted by molar-refractivity contribution is 5.75. The van der Waals surface area contributed by atoms with Crippen LogP contribution in [0.4, 0.5) is 0 Å². The number of amides is 1. The topological polar surface area (TPSA) is 75.4 Å². The van der Waals surface area contributed by atoms with E-state index < -0.39 is 0 Å². The molecule has 1 saturated carbocycles. The lowest BCUT2D eigenvalue weighted by atomic mass is 9.86. The molecule has 0 aromatic heterocycles. The molecule has 3 atom stereocenters. The van der Waals surface area contributed by atoms with E-state index in [1.807, 2.05) is 0 Å². The molecule has 1 aliphatic rings. The highest BCUT2D eigenvalue weighted by atomic mass is 16.3. The van der Waals surface area contributed by atoms with Gasteiger partial charge < -0.3 is 16.2 Å². The van der Waals surface area contributed by atoms with Gasteiger partial charge in [-0.3, -0.25) is 4.79 Å². The van der Waals surface area contributed by atoms with Crippen molar-refractivity contribution in [2.45, 2.75) is 64.9 Å². The Morgan fingerprint density at radius 3 is 2.60 bits per heavy atom. The molecule has 4 N–H and O–H groups in total. The second-order valence-electron chi connectivity index (χ2n) is 6.54. The molecule has 3 unspecified atom stereocenters. The van der Waals surface area contributed by atoms with E-state index in [1.54, 1.807) is 0 Å². The maximum atomic E-state index is 11.9. The van der Waals surface area contributed by atoms with Gasteiger partial charge in [-0.15, -0.1) is 0 Å². The molecular weight excluding hydrogens is 252 g/mol. The predicted octanol–water partition coefficient (Wildman–Crippen LogP) is 2.05. The Balaban J connectivity index is 2.22. The summed E-state index contributed by atoms with van der Waals surface area (Å²) in [6, 6.07) is 0. The molecule has 0 aromatic carbocycles. The van der Waals surface area contributed by atoms with Gasteiger partial charge in [0.15, 0.2) is 0 Å². The van der Waals surface area contributed by atoms with E-state index in [0.29, 0.717) is 31.3 Å². The molecule has 0 saturated heterocycles. The molecule has 0 aliphatic heterocycles. The smallest absolute Gasteiger partial charge is 0.220 e. The first kappa shape index (κ1) is 17.4. The average molecular weight is 284 g/mol. The Morgan fingerprint density at radius 1 is 1.30 bits per heavy atom. The number of carbonyl (C=O) groups excluding carboxylic acids is 1. The first-order valence-corrected chi connectivity index (χ1v) is 8.19. The second kappa shape index (κ2) is 9.35. The van der Waals surface area contributed by atoms with Crippen LogP contribution in [-0.2, 0) is 4.79 Å². The van der Waals surface area contributed by atoms with Gasteiger partial charge in [0.1, 0.15) is 0 Å². The fourth-order valence-corrected chi connectivity index (χ4v) is 3.10. The molecule has 20 heavy (non-hydrogen) atoms. The summed E-state index contributed by atoms with van der Waals surface area (Å²) in [7, 11) is 0. The first-order chi connectivity index (χ1) is 9.54. The summed E-state index contributed by atoms with van der Waals surface area (Å²) < 4.78 is 0. The van der Waals surface area contributed by atoms with E-state index in [9.17, 15) is 9.90 Å². The summed E-state index contributed by atoms with van der Waals surface area (Å²) in [5, 5.41) is 12.9. The lowest BCUT2D eigenvalue weighted by molar-refractivity contribution is -0.121. The van der Waals surface area contributed by atoms with Crippen LogP contribution in [0.15, 0.2) is 0 Å². The Bertz CT molecular complexity index is 272. The molecule has 4 nitrogen and oxygen atoms in total. The maximum Gasteiger partial charge on any atom is 0.220 e. The standard InChI is InChI=1S/C16H32N2O2/c1-12(2)13(9-10-17)7-8-16(20)18-11-14-5-3-4-6-15(14)19/h12-15,19H,3-11,17H2,1-2H3,(H,18,20). The number of hydrogen-bond acceptors (Lipinski definition) is 3. The first-order valence-electron chi connectivity index (χ1n) is 8.19. The van der Waals surface area contributed by atoms with Crippen molar-refractivity contribution in [3.63, 3.8) is 0 Å². The van der Waals surface area contributed by atoms with Crippen molar-refractivity contribution >= 4 is 5.91 Å². The molecule has 4 heteroatoms.